The first-order valence-electron chi connectivity index (χ1n) is 11.3. The fourth-order valence-electron chi connectivity index (χ4n) is 4.54. The van der Waals surface area contributed by atoms with E-state index in [-0.39, 0.29) is 0 Å². The highest BCUT2D eigenvalue weighted by atomic mass is 16.5. The van der Waals surface area contributed by atoms with E-state index in [0.29, 0.717) is 0 Å². The van der Waals surface area contributed by atoms with E-state index in [9.17, 15) is 0 Å². The zero-order valence-electron chi connectivity index (χ0n) is 18.8. The summed E-state index contributed by atoms with van der Waals surface area (Å²) in [5.41, 5.74) is 11.9. The van der Waals surface area contributed by atoms with Crippen molar-refractivity contribution in [2.24, 2.45) is 9.98 Å². The third kappa shape index (κ3) is 3.87. The Labute approximate surface area is 194 Å². The smallest absolute Gasteiger partial charge is 0.127 e. The van der Waals surface area contributed by atoms with Crippen molar-refractivity contribution in [2.45, 2.75) is 26.7 Å². The summed E-state index contributed by atoms with van der Waals surface area (Å²) in [5.74, 6) is 1.68. The summed E-state index contributed by atoms with van der Waals surface area (Å²) in [4.78, 5) is 9.52. The lowest BCUT2D eigenvalue weighted by Crippen LogP contribution is -2.00. The summed E-state index contributed by atoms with van der Waals surface area (Å²) in [6.45, 7) is 4.17. The molecule has 160 valence electrons. The van der Waals surface area contributed by atoms with Crippen LogP contribution in [-0.4, -0.2) is 11.4 Å². The van der Waals surface area contributed by atoms with Gasteiger partial charge >= 0.3 is 0 Å². The van der Waals surface area contributed by atoms with Gasteiger partial charge in [0.1, 0.15) is 11.5 Å². The Hall–Kier alpha value is -3.98. The summed E-state index contributed by atoms with van der Waals surface area (Å²) >= 11 is 0. The topological polar surface area (TPSA) is 34.0 Å². The van der Waals surface area contributed by atoms with Crippen LogP contribution in [0.5, 0.6) is 11.5 Å². The maximum atomic E-state index is 5.97. The van der Waals surface area contributed by atoms with Gasteiger partial charge in [0.05, 0.1) is 17.1 Å². The van der Waals surface area contributed by atoms with Crippen molar-refractivity contribution in [3.8, 4) is 22.6 Å². The lowest BCUT2D eigenvalue weighted by atomic mass is 9.97. The van der Waals surface area contributed by atoms with Crippen LogP contribution in [0.3, 0.4) is 0 Å². The number of hydrogen-bond donors (Lipinski definition) is 0. The highest BCUT2D eigenvalue weighted by molar-refractivity contribution is 6.06. The number of aliphatic imine (C=N–C) groups is 2. The molecule has 33 heavy (non-hydrogen) atoms. The van der Waals surface area contributed by atoms with Crippen molar-refractivity contribution in [3.05, 3.63) is 107 Å². The van der Waals surface area contributed by atoms with E-state index in [1.54, 1.807) is 0 Å². The summed E-state index contributed by atoms with van der Waals surface area (Å²) in [7, 11) is 0. The minimum Gasteiger partial charge on any atom is -0.457 e. The lowest BCUT2D eigenvalue weighted by molar-refractivity contribution is 0.482. The van der Waals surface area contributed by atoms with Crippen molar-refractivity contribution >= 4 is 22.8 Å². The van der Waals surface area contributed by atoms with Crippen LogP contribution in [0.25, 0.3) is 11.1 Å². The van der Waals surface area contributed by atoms with Gasteiger partial charge in [-0.3, -0.25) is 9.98 Å². The molecular weight excluding hydrogens is 404 g/mol. The van der Waals surface area contributed by atoms with Gasteiger partial charge in [-0.2, -0.15) is 0 Å². The predicted molar refractivity (Wildman–Crippen MR) is 136 cm³/mol. The highest BCUT2D eigenvalue weighted by Gasteiger charge is 2.18. The van der Waals surface area contributed by atoms with E-state index in [0.717, 1.165) is 47.0 Å². The molecule has 3 heteroatoms. The molecule has 3 nitrogen and oxygen atoms in total. The Morgan fingerprint density at radius 1 is 0.576 bits per heavy atom. The highest BCUT2D eigenvalue weighted by Crippen LogP contribution is 2.36. The molecule has 0 aromatic heterocycles. The first-order valence-corrected chi connectivity index (χ1v) is 11.3. The predicted octanol–water partition coefficient (Wildman–Crippen LogP) is 7.78. The van der Waals surface area contributed by atoms with Gasteiger partial charge in [-0.15, -0.1) is 0 Å². The first kappa shape index (κ1) is 19.7. The molecule has 0 fully saturated rings. The van der Waals surface area contributed by atoms with Crippen molar-refractivity contribution in [3.63, 3.8) is 0 Å². The molecule has 0 radical (unpaired) electrons. The van der Waals surface area contributed by atoms with Crippen LogP contribution in [0.15, 0.2) is 94.9 Å². The molecule has 2 heterocycles. The van der Waals surface area contributed by atoms with E-state index in [2.05, 4.69) is 79.5 Å². The lowest BCUT2D eigenvalue weighted by Gasteiger charge is -2.07. The van der Waals surface area contributed by atoms with Crippen LogP contribution in [0, 0.1) is 6.92 Å². The fourth-order valence-corrected chi connectivity index (χ4v) is 4.54. The standard InChI is InChI=1S/C30H24N2O/c1-19-3-9-26(10-4-19)33-27-11-5-21(6-12-27)30-18-25-17-23(8-14-29(25)32-30)22-7-13-28-24(16-22)15-20(2)31-28/h3-14,16-17H,15,18H2,1-2H3. The number of nitrogens with zero attached hydrogens (tertiary/aromatic N) is 2. The van der Waals surface area contributed by atoms with Gasteiger partial charge in [0.2, 0.25) is 0 Å². The molecule has 0 saturated heterocycles. The Bertz CT molecular complexity index is 1430. The van der Waals surface area contributed by atoms with Crippen molar-refractivity contribution in [1.29, 1.82) is 0 Å². The SMILES string of the molecule is CC1=Nc2ccc(-c3ccc4c(c3)CC(c3ccc(Oc5ccc(C)cc5)cc3)=N4)cc2C1. The second kappa shape index (κ2) is 7.86. The second-order valence-corrected chi connectivity index (χ2v) is 8.89. The number of ether oxygens (including phenoxy) is 1. The molecule has 4 aromatic rings. The van der Waals surface area contributed by atoms with Crippen LogP contribution < -0.4 is 4.74 Å². The third-order valence-electron chi connectivity index (χ3n) is 6.31. The average Bonchev–Trinajstić information content (AvgIpc) is 3.42. The summed E-state index contributed by atoms with van der Waals surface area (Å²) in [5, 5.41) is 0. The number of rotatable bonds is 4. The zero-order valence-corrected chi connectivity index (χ0v) is 18.8. The van der Waals surface area contributed by atoms with Crippen molar-refractivity contribution in [2.75, 3.05) is 0 Å². The largest absolute Gasteiger partial charge is 0.457 e. The van der Waals surface area contributed by atoms with Crippen LogP contribution >= 0.6 is 0 Å². The minimum absolute atomic E-state index is 0.830. The third-order valence-corrected chi connectivity index (χ3v) is 6.31. The molecule has 4 aromatic carbocycles. The molecule has 0 amide bonds. The summed E-state index contributed by atoms with van der Waals surface area (Å²) < 4.78 is 5.97. The van der Waals surface area contributed by atoms with E-state index in [4.69, 9.17) is 9.73 Å². The molecule has 0 spiro atoms. The molecule has 0 bridgehead atoms. The van der Waals surface area contributed by atoms with Gasteiger partial charge in [-0.1, -0.05) is 29.8 Å². The van der Waals surface area contributed by atoms with Gasteiger partial charge in [0.25, 0.3) is 0 Å². The Morgan fingerprint density at radius 3 is 1.79 bits per heavy atom. The monoisotopic (exact) mass is 428 g/mol. The van der Waals surface area contributed by atoms with E-state index in [1.165, 1.54) is 33.5 Å². The van der Waals surface area contributed by atoms with Crippen molar-refractivity contribution in [1.82, 2.24) is 0 Å². The quantitative estimate of drug-likeness (QED) is 0.327. The van der Waals surface area contributed by atoms with Gasteiger partial charge in [-0.05, 0) is 102 Å². The Kier molecular flexibility index (Phi) is 4.69. The number of aryl methyl sites for hydroxylation is 1. The van der Waals surface area contributed by atoms with Gasteiger partial charge < -0.3 is 4.74 Å². The van der Waals surface area contributed by atoms with Crippen LogP contribution in [0.2, 0.25) is 0 Å². The van der Waals surface area contributed by atoms with Gasteiger partial charge in [0, 0.05) is 18.6 Å². The summed E-state index contributed by atoms with van der Waals surface area (Å²) in [6.07, 6.45) is 1.79. The number of hydrogen-bond acceptors (Lipinski definition) is 3. The van der Waals surface area contributed by atoms with E-state index >= 15 is 0 Å². The first-order chi connectivity index (χ1) is 16.1. The molecule has 0 atom stereocenters. The van der Waals surface area contributed by atoms with E-state index < -0.39 is 0 Å². The molecule has 0 N–H and O–H groups in total. The summed E-state index contributed by atoms with van der Waals surface area (Å²) in [6, 6.07) is 29.5. The Morgan fingerprint density at radius 2 is 1.12 bits per heavy atom. The fraction of sp³-hybridized carbons (Fsp3) is 0.133. The molecule has 2 aliphatic heterocycles. The average molecular weight is 429 g/mol. The molecule has 0 unspecified atom stereocenters. The van der Waals surface area contributed by atoms with Gasteiger partial charge in [-0.25, -0.2) is 0 Å². The molecule has 0 saturated carbocycles. The van der Waals surface area contributed by atoms with Crippen LogP contribution in [-0.2, 0) is 12.8 Å². The van der Waals surface area contributed by atoms with Crippen molar-refractivity contribution < 1.29 is 4.74 Å². The second-order valence-electron chi connectivity index (χ2n) is 8.89. The maximum absolute atomic E-state index is 5.97. The van der Waals surface area contributed by atoms with Gasteiger partial charge in [0.15, 0.2) is 0 Å². The number of benzene rings is 4. The Balaban J connectivity index is 1.19. The normalized spacial score (nSPS) is 13.9. The van der Waals surface area contributed by atoms with Crippen LogP contribution in [0.1, 0.15) is 29.2 Å². The maximum Gasteiger partial charge on any atom is 0.127 e. The zero-order chi connectivity index (χ0) is 22.4. The molecule has 2 aliphatic rings. The molecular formula is C30H24N2O. The van der Waals surface area contributed by atoms with E-state index in [1.807, 2.05) is 24.3 Å². The van der Waals surface area contributed by atoms with Crippen LogP contribution in [0.4, 0.5) is 11.4 Å². The molecule has 0 aliphatic carbocycles. The molecule has 6 rings (SSSR count). The minimum atomic E-state index is 0.830. The number of fused-ring (bicyclic) bond motifs is 2.